The van der Waals surface area contributed by atoms with Crippen LogP contribution in [0, 0.1) is 5.92 Å². The summed E-state index contributed by atoms with van der Waals surface area (Å²) in [5, 5.41) is 3.00. The van der Waals surface area contributed by atoms with E-state index in [2.05, 4.69) is 5.32 Å². The molecule has 2 aliphatic rings. The average molecular weight is 274 g/mol. The molecule has 0 saturated heterocycles. The highest BCUT2D eigenvalue weighted by molar-refractivity contribution is 7.89. The van der Waals surface area contributed by atoms with Gasteiger partial charge < -0.3 is 5.32 Å². The van der Waals surface area contributed by atoms with Crippen LogP contribution in [-0.4, -0.2) is 43.1 Å². The molecular weight excluding hydrogens is 248 g/mol. The summed E-state index contributed by atoms with van der Waals surface area (Å²) >= 11 is 0. The minimum atomic E-state index is -3.15. The second kappa shape index (κ2) is 5.47. The van der Waals surface area contributed by atoms with Gasteiger partial charge in [-0.1, -0.05) is 0 Å². The lowest BCUT2D eigenvalue weighted by Gasteiger charge is -2.29. The van der Waals surface area contributed by atoms with Gasteiger partial charge in [-0.25, -0.2) is 8.42 Å². The number of rotatable bonds is 8. The van der Waals surface area contributed by atoms with Crippen molar-refractivity contribution < 1.29 is 8.42 Å². The third kappa shape index (κ3) is 3.68. The quantitative estimate of drug-likeness (QED) is 0.731. The lowest BCUT2D eigenvalue weighted by atomic mass is 10.3. The molecule has 0 amide bonds. The van der Waals surface area contributed by atoms with Gasteiger partial charge in [0.05, 0.1) is 5.25 Å². The zero-order valence-electron chi connectivity index (χ0n) is 11.7. The third-order valence-electron chi connectivity index (χ3n) is 3.82. The van der Waals surface area contributed by atoms with E-state index in [0.29, 0.717) is 25.0 Å². The van der Waals surface area contributed by atoms with E-state index >= 15 is 0 Å². The van der Waals surface area contributed by atoms with Crippen molar-refractivity contribution in [3.05, 3.63) is 0 Å². The highest BCUT2D eigenvalue weighted by Gasteiger charge is 2.35. The van der Waals surface area contributed by atoms with E-state index in [1.807, 2.05) is 20.8 Å². The Morgan fingerprint density at radius 2 is 1.78 bits per heavy atom. The van der Waals surface area contributed by atoms with E-state index < -0.39 is 10.0 Å². The van der Waals surface area contributed by atoms with E-state index in [1.54, 1.807) is 4.31 Å². The van der Waals surface area contributed by atoms with E-state index in [-0.39, 0.29) is 11.3 Å². The van der Waals surface area contributed by atoms with Crippen LogP contribution in [0.5, 0.6) is 0 Å². The van der Waals surface area contributed by atoms with Crippen molar-refractivity contribution in [2.45, 2.75) is 63.8 Å². The van der Waals surface area contributed by atoms with Crippen LogP contribution in [0.4, 0.5) is 0 Å². The number of hydrogen-bond donors (Lipinski definition) is 1. The van der Waals surface area contributed by atoms with E-state index in [0.717, 1.165) is 0 Å². The first-order chi connectivity index (χ1) is 8.41. The smallest absolute Gasteiger partial charge is 0.218 e. The molecule has 18 heavy (non-hydrogen) atoms. The van der Waals surface area contributed by atoms with Crippen LogP contribution in [-0.2, 0) is 10.0 Å². The van der Waals surface area contributed by atoms with Crippen LogP contribution in [0.2, 0.25) is 0 Å². The molecule has 2 saturated carbocycles. The van der Waals surface area contributed by atoms with Gasteiger partial charge in [0.1, 0.15) is 0 Å². The molecule has 1 unspecified atom stereocenters. The zero-order chi connectivity index (χ0) is 13.3. The summed E-state index contributed by atoms with van der Waals surface area (Å²) < 4.78 is 26.8. The van der Waals surface area contributed by atoms with Gasteiger partial charge in [0, 0.05) is 25.2 Å². The fraction of sp³-hybridized carbons (Fsp3) is 1.00. The molecule has 106 valence electrons. The van der Waals surface area contributed by atoms with Gasteiger partial charge in [-0.05, 0) is 52.4 Å². The Bertz CT molecular complexity index is 372. The predicted molar refractivity (Wildman–Crippen MR) is 74.0 cm³/mol. The minimum Gasteiger partial charge on any atom is -0.313 e. The highest BCUT2D eigenvalue weighted by atomic mass is 32.2. The molecule has 0 spiro atoms. The van der Waals surface area contributed by atoms with Crippen molar-refractivity contribution >= 4 is 10.0 Å². The Kier molecular flexibility index (Phi) is 4.34. The van der Waals surface area contributed by atoms with Crippen molar-refractivity contribution in [1.29, 1.82) is 0 Å². The van der Waals surface area contributed by atoms with Crippen LogP contribution in [0.15, 0.2) is 0 Å². The molecule has 0 heterocycles. The van der Waals surface area contributed by atoms with Gasteiger partial charge in [-0.3, -0.25) is 0 Å². The Hall–Kier alpha value is -0.130. The van der Waals surface area contributed by atoms with E-state index in [4.69, 9.17) is 0 Å². The molecule has 4 nitrogen and oxygen atoms in total. The standard InChI is InChI=1S/C13H26N2O2S/c1-10(2)15(9-12-4-5-12)18(16,17)11(3)8-14-13-6-7-13/h10-14H,4-9H2,1-3H3. The van der Waals surface area contributed by atoms with Crippen LogP contribution >= 0.6 is 0 Å². The summed E-state index contributed by atoms with van der Waals surface area (Å²) in [6.45, 7) is 7.07. The van der Waals surface area contributed by atoms with Gasteiger partial charge in [0.25, 0.3) is 0 Å². The molecule has 0 aromatic heterocycles. The second-order valence-corrected chi connectivity index (χ2v) is 8.45. The van der Waals surface area contributed by atoms with Gasteiger partial charge in [0.15, 0.2) is 0 Å². The topological polar surface area (TPSA) is 49.4 Å². The minimum absolute atomic E-state index is 0.0685. The first kappa shape index (κ1) is 14.3. The normalized spacial score (nSPS) is 22.7. The molecule has 0 radical (unpaired) electrons. The Morgan fingerprint density at radius 1 is 1.17 bits per heavy atom. The number of sulfonamides is 1. The van der Waals surface area contributed by atoms with Crippen molar-refractivity contribution in [3.63, 3.8) is 0 Å². The van der Waals surface area contributed by atoms with Gasteiger partial charge in [-0.15, -0.1) is 0 Å². The summed E-state index contributed by atoms with van der Waals surface area (Å²) in [6.07, 6.45) is 4.77. The summed E-state index contributed by atoms with van der Waals surface area (Å²) in [4.78, 5) is 0. The molecule has 2 rings (SSSR count). The molecule has 0 aromatic rings. The largest absolute Gasteiger partial charge is 0.313 e. The molecule has 2 aliphatic carbocycles. The van der Waals surface area contributed by atoms with Crippen LogP contribution in [0.3, 0.4) is 0 Å². The third-order valence-corrected chi connectivity index (χ3v) is 6.23. The fourth-order valence-corrected chi connectivity index (χ4v) is 3.90. The summed E-state index contributed by atoms with van der Waals surface area (Å²) in [5.41, 5.74) is 0. The van der Waals surface area contributed by atoms with Gasteiger partial charge >= 0.3 is 0 Å². The molecular formula is C13H26N2O2S. The molecule has 1 atom stereocenters. The van der Waals surface area contributed by atoms with Crippen LogP contribution < -0.4 is 5.32 Å². The lowest BCUT2D eigenvalue weighted by molar-refractivity contribution is 0.336. The lowest BCUT2D eigenvalue weighted by Crippen LogP contribution is -2.46. The molecule has 0 bridgehead atoms. The Labute approximate surface area is 111 Å². The van der Waals surface area contributed by atoms with Crippen LogP contribution in [0.25, 0.3) is 0 Å². The summed E-state index contributed by atoms with van der Waals surface area (Å²) in [6, 6.07) is 0.637. The predicted octanol–water partition coefficient (Wildman–Crippen LogP) is 1.58. The van der Waals surface area contributed by atoms with Crippen molar-refractivity contribution in [2.24, 2.45) is 5.92 Å². The van der Waals surface area contributed by atoms with Gasteiger partial charge in [-0.2, -0.15) is 4.31 Å². The van der Waals surface area contributed by atoms with E-state index in [1.165, 1.54) is 25.7 Å². The fourth-order valence-electron chi connectivity index (χ4n) is 2.12. The van der Waals surface area contributed by atoms with Crippen molar-refractivity contribution in [2.75, 3.05) is 13.1 Å². The Balaban J connectivity index is 1.94. The summed E-state index contributed by atoms with van der Waals surface area (Å²) in [7, 11) is -3.15. The molecule has 0 aliphatic heterocycles. The zero-order valence-corrected chi connectivity index (χ0v) is 12.5. The van der Waals surface area contributed by atoms with Crippen molar-refractivity contribution in [3.8, 4) is 0 Å². The maximum absolute atomic E-state index is 12.6. The maximum Gasteiger partial charge on any atom is 0.218 e. The second-order valence-electron chi connectivity index (χ2n) is 6.14. The average Bonchev–Trinajstić information content (AvgIpc) is 3.14. The number of nitrogens with one attached hydrogen (secondary N) is 1. The molecule has 1 N–H and O–H groups in total. The first-order valence-electron chi connectivity index (χ1n) is 7.15. The van der Waals surface area contributed by atoms with Crippen molar-refractivity contribution in [1.82, 2.24) is 9.62 Å². The molecule has 2 fully saturated rings. The van der Waals surface area contributed by atoms with Crippen LogP contribution in [0.1, 0.15) is 46.5 Å². The monoisotopic (exact) mass is 274 g/mol. The molecule has 0 aromatic carbocycles. The number of hydrogen-bond acceptors (Lipinski definition) is 3. The Morgan fingerprint density at radius 3 is 2.22 bits per heavy atom. The van der Waals surface area contributed by atoms with Gasteiger partial charge in [0.2, 0.25) is 10.0 Å². The highest BCUT2D eigenvalue weighted by Crippen LogP contribution is 2.32. The van der Waals surface area contributed by atoms with E-state index in [9.17, 15) is 8.42 Å². The molecule has 5 heteroatoms. The first-order valence-corrected chi connectivity index (χ1v) is 8.65. The SMILES string of the molecule is CC(C)N(CC1CC1)S(=O)(=O)C(C)CNC1CC1. The number of nitrogens with zero attached hydrogens (tertiary/aromatic N) is 1. The summed E-state index contributed by atoms with van der Waals surface area (Å²) in [5.74, 6) is 0.603. The maximum atomic E-state index is 12.6.